The molecule has 0 saturated heterocycles. The van der Waals surface area contributed by atoms with E-state index in [2.05, 4.69) is 25.4 Å². The van der Waals surface area contributed by atoms with Gasteiger partial charge in [-0.1, -0.05) is 29.3 Å². The second kappa shape index (κ2) is 12.9. The molecule has 0 spiro atoms. The van der Waals surface area contributed by atoms with Crippen LogP contribution in [0, 0.1) is 6.92 Å². The third-order valence-corrected chi connectivity index (χ3v) is 7.96. The molecular weight excluding hydrogens is 644 g/mol. The van der Waals surface area contributed by atoms with E-state index in [0.29, 0.717) is 11.6 Å². The van der Waals surface area contributed by atoms with Crippen LogP contribution in [0.1, 0.15) is 51.5 Å². The number of aryl methyl sites for hydroxylation is 1. The highest BCUT2D eigenvalue weighted by Crippen LogP contribution is 2.31. The van der Waals surface area contributed by atoms with Crippen LogP contribution in [0.2, 0.25) is 10.0 Å². The van der Waals surface area contributed by atoms with Crippen LogP contribution in [0.5, 0.6) is 0 Å². The van der Waals surface area contributed by atoms with Crippen molar-refractivity contribution in [1.29, 1.82) is 0 Å². The maximum atomic E-state index is 13.7. The summed E-state index contributed by atoms with van der Waals surface area (Å²) in [6.45, 7) is 4.68. The minimum absolute atomic E-state index is 0.0121. The van der Waals surface area contributed by atoms with Crippen molar-refractivity contribution < 1.29 is 31.2 Å². The minimum atomic E-state index is -4.74. The third kappa shape index (κ3) is 7.56. The van der Waals surface area contributed by atoms with Gasteiger partial charge in [-0.2, -0.15) is 18.3 Å². The van der Waals surface area contributed by atoms with Crippen molar-refractivity contribution in [3.05, 3.63) is 98.9 Å². The SMILES string of the molecule is Cc1cc(Cl)cc(C(=O)NC(C)C)c1NC(=O)c1cc(CNS(=O)(=O)c2cccc(C(F)(F)F)c2)nn1-c1ncccc1Cl. The van der Waals surface area contributed by atoms with Crippen LogP contribution in [0.25, 0.3) is 5.82 Å². The molecule has 2 aromatic heterocycles. The minimum Gasteiger partial charge on any atom is -0.350 e. The molecule has 0 aliphatic carbocycles. The Morgan fingerprint density at radius 1 is 1.02 bits per heavy atom. The van der Waals surface area contributed by atoms with Crippen molar-refractivity contribution in [2.45, 2.75) is 44.4 Å². The first kappa shape index (κ1) is 32.9. The van der Waals surface area contributed by atoms with Gasteiger partial charge in [0.25, 0.3) is 11.8 Å². The molecular formula is C28H25Cl2F3N6O4S. The van der Waals surface area contributed by atoms with Crippen LogP contribution in [-0.2, 0) is 22.7 Å². The predicted molar refractivity (Wildman–Crippen MR) is 159 cm³/mol. The lowest BCUT2D eigenvalue weighted by Gasteiger charge is -2.16. The molecule has 2 heterocycles. The number of carbonyl (C=O) groups is 2. The quantitative estimate of drug-likeness (QED) is 0.207. The number of hydrogen-bond donors (Lipinski definition) is 3. The van der Waals surface area contributed by atoms with Crippen LogP contribution >= 0.6 is 23.2 Å². The Morgan fingerprint density at radius 2 is 1.75 bits per heavy atom. The number of nitrogens with one attached hydrogen (secondary N) is 3. The van der Waals surface area contributed by atoms with Crippen molar-refractivity contribution in [3.63, 3.8) is 0 Å². The highest BCUT2D eigenvalue weighted by molar-refractivity contribution is 7.89. The van der Waals surface area contributed by atoms with Gasteiger partial charge in [-0.15, -0.1) is 0 Å². The first-order chi connectivity index (χ1) is 20.6. The third-order valence-electron chi connectivity index (χ3n) is 6.05. The monoisotopic (exact) mass is 668 g/mol. The first-order valence-corrected chi connectivity index (χ1v) is 15.1. The summed E-state index contributed by atoms with van der Waals surface area (Å²) < 4.78 is 68.4. The van der Waals surface area contributed by atoms with Crippen molar-refractivity contribution >= 4 is 50.7 Å². The molecule has 0 unspecified atom stereocenters. The molecule has 10 nitrogen and oxygen atoms in total. The molecule has 0 aliphatic heterocycles. The number of hydrogen-bond acceptors (Lipinski definition) is 6. The Bertz CT molecular complexity index is 1850. The van der Waals surface area contributed by atoms with Crippen molar-refractivity contribution in [3.8, 4) is 5.82 Å². The zero-order chi connectivity index (χ0) is 32.4. The van der Waals surface area contributed by atoms with Gasteiger partial charge in [0, 0.05) is 17.3 Å². The Hall–Kier alpha value is -3.98. The summed E-state index contributed by atoms with van der Waals surface area (Å²) in [7, 11) is -4.42. The lowest BCUT2D eigenvalue weighted by Crippen LogP contribution is -2.31. The highest BCUT2D eigenvalue weighted by Gasteiger charge is 2.32. The fraction of sp³-hybridized carbons (Fsp3) is 0.214. The summed E-state index contributed by atoms with van der Waals surface area (Å²) in [5, 5.41) is 10.1. The molecule has 2 amide bonds. The number of nitrogens with zero attached hydrogens (tertiary/aromatic N) is 3. The molecule has 232 valence electrons. The lowest BCUT2D eigenvalue weighted by atomic mass is 10.1. The second-order valence-corrected chi connectivity index (χ2v) is 12.4. The van der Waals surface area contributed by atoms with E-state index in [1.165, 1.54) is 24.4 Å². The molecule has 3 N–H and O–H groups in total. The van der Waals surface area contributed by atoms with E-state index in [1.807, 2.05) is 0 Å². The molecule has 0 atom stereocenters. The fourth-order valence-electron chi connectivity index (χ4n) is 4.07. The normalized spacial score (nSPS) is 11.9. The Balaban J connectivity index is 1.70. The number of aromatic nitrogens is 3. The van der Waals surface area contributed by atoms with E-state index >= 15 is 0 Å². The average Bonchev–Trinajstić information content (AvgIpc) is 3.37. The van der Waals surface area contributed by atoms with Crippen molar-refractivity contribution in [1.82, 2.24) is 24.8 Å². The summed E-state index contributed by atoms with van der Waals surface area (Å²) in [4.78, 5) is 30.1. The van der Waals surface area contributed by atoms with Crippen LogP contribution in [0.3, 0.4) is 0 Å². The van der Waals surface area contributed by atoms with Gasteiger partial charge in [0.1, 0.15) is 5.69 Å². The number of alkyl halides is 3. The number of benzene rings is 2. The Labute approximate surface area is 260 Å². The molecule has 0 radical (unpaired) electrons. The van der Waals surface area contributed by atoms with Gasteiger partial charge < -0.3 is 10.6 Å². The largest absolute Gasteiger partial charge is 0.416 e. The van der Waals surface area contributed by atoms with Gasteiger partial charge in [0.2, 0.25) is 10.0 Å². The van der Waals surface area contributed by atoms with Gasteiger partial charge in [0.05, 0.1) is 39.0 Å². The smallest absolute Gasteiger partial charge is 0.350 e. The number of rotatable bonds is 9. The van der Waals surface area contributed by atoms with E-state index < -0.39 is 45.0 Å². The van der Waals surface area contributed by atoms with Gasteiger partial charge >= 0.3 is 6.18 Å². The van der Waals surface area contributed by atoms with Gasteiger partial charge in [-0.25, -0.2) is 22.8 Å². The van der Waals surface area contributed by atoms with Crippen LogP contribution in [-0.4, -0.2) is 41.0 Å². The zero-order valence-corrected chi connectivity index (χ0v) is 25.7. The van der Waals surface area contributed by atoms with Gasteiger partial charge in [-0.3, -0.25) is 9.59 Å². The van der Waals surface area contributed by atoms with E-state index in [4.69, 9.17) is 23.2 Å². The zero-order valence-electron chi connectivity index (χ0n) is 23.3. The first-order valence-electron chi connectivity index (χ1n) is 12.9. The topological polar surface area (TPSA) is 135 Å². The molecule has 16 heteroatoms. The summed E-state index contributed by atoms with van der Waals surface area (Å²) >= 11 is 12.5. The molecule has 0 saturated carbocycles. The summed E-state index contributed by atoms with van der Waals surface area (Å²) in [5.41, 5.74) is -0.498. The number of halogens is 5. The van der Waals surface area contributed by atoms with Crippen LogP contribution < -0.4 is 15.4 Å². The van der Waals surface area contributed by atoms with Crippen LogP contribution in [0.4, 0.5) is 18.9 Å². The molecule has 0 fully saturated rings. The summed E-state index contributed by atoms with van der Waals surface area (Å²) in [5.74, 6) is -1.20. The molecule has 44 heavy (non-hydrogen) atoms. The van der Waals surface area contributed by atoms with Crippen molar-refractivity contribution in [2.75, 3.05) is 5.32 Å². The van der Waals surface area contributed by atoms with E-state index in [1.54, 1.807) is 32.9 Å². The molecule has 4 rings (SSSR count). The Morgan fingerprint density at radius 3 is 2.41 bits per heavy atom. The second-order valence-electron chi connectivity index (χ2n) is 9.82. The number of amides is 2. The lowest BCUT2D eigenvalue weighted by molar-refractivity contribution is -0.137. The standard InChI is InChI=1S/C28H25Cl2F3N6O4S/c1-15(2)36-26(40)21-12-18(29)10-16(3)24(21)37-27(41)23-13-19(38-39(23)25-22(30)8-5-9-34-25)14-35-44(42,43)20-7-4-6-17(11-20)28(31,32)33/h4-13,15,35H,14H2,1-3H3,(H,36,40)(H,37,41). The number of anilines is 1. The maximum Gasteiger partial charge on any atom is 0.416 e. The predicted octanol–water partition coefficient (Wildman–Crippen LogP) is 5.77. The fourth-order valence-corrected chi connectivity index (χ4v) is 5.59. The van der Waals surface area contributed by atoms with Gasteiger partial charge in [-0.05, 0) is 74.9 Å². The summed E-state index contributed by atoms with van der Waals surface area (Å²) in [6.07, 6.45) is -3.34. The molecule has 0 aliphatic rings. The highest BCUT2D eigenvalue weighted by atomic mass is 35.5. The van der Waals surface area contributed by atoms with Crippen molar-refractivity contribution in [2.24, 2.45) is 0 Å². The van der Waals surface area contributed by atoms with E-state index in [9.17, 15) is 31.2 Å². The molecule has 0 bridgehead atoms. The number of carbonyl (C=O) groups excluding carboxylic acids is 2. The maximum absolute atomic E-state index is 13.7. The summed E-state index contributed by atoms with van der Waals surface area (Å²) in [6, 6.07) is 10.3. The Kier molecular flexibility index (Phi) is 9.68. The molecule has 2 aromatic carbocycles. The van der Waals surface area contributed by atoms with E-state index in [-0.39, 0.29) is 44.5 Å². The number of sulfonamides is 1. The van der Waals surface area contributed by atoms with Gasteiger partial charge in [0.15, 0.2) is 5.82 Å². The average molecular weight is 670 g/mol. The van der Waals surface area contributed by atoms with Crippen LogP contribution in [0.15, 0.2) is 65.7 Å². The number of pyridine rings is 1. The van der Waals surface area contributed by atoms with E-state index in [0.717, 1.165) is 22.9 Å². The molecule has 4 aromatic rings.